The molecule has 2 aromatic rings. The Bertz CT molecular complexity index is 476. The summed E-state index contributed by atoms with van der Waals surface area (Å²) < 4.78 is 5.18. The lowest BCUT2D eigenvalue weighted by molar-refractivity contribution is 0.403. The summed E-state index contributed by atoms with van der Waals surface area (Å²) >= 11 is 0. The number of phenolic OH excluding ortho intramolecular Hbond substituents is 2. The van der Waals surface area contributed by atoms with Gasteiger partial charge in [0.2, 0.25) is 0 Å². The summed E-state index contributed by atoms with van der Waals surface area (Å²) in [6.45, 7) is 1.85. The number of aryl methyl sites for hydroxylation is 1. The molecule has 1 heterocycles. The zero-order valence-electron chi connectivity index (χ0n) is 8.27. The average molecular weight is 205 g/mol. The zero-order valence-corrected chi connectivity index (χ0v) is 8.27. The van der Waals surface area contributed by atoms with Crippen LogP contribution in [0.5, 0.6) is 11.5 Å². The first-order valence-corrected chi connectivity index (χ1v) is 4.57. The molecule has 4 heteroatoms. The Kier molecular flexibility index (Phi) is 2.33. The lowest BCUT2D eigenvalue weighted by Gasteiger charge is -2.00. The molecule has 0 aliphatic carbocycles. The van der Waals surface area contributed by atoms with Crippen molar-refractivity contribution in [1.82, 2.24) is 4.98 Å². The Morgan fingerprint density at radius 3 is 2.67 bits per heavy atom. The van der Waals surface area contributed by atoms with Crippen molar-refractivity contribution < 1.29 is 14.6 Å². The van der Waals surface area contributed by atoms with Crippen molar-refractivity contribution in [2.24, 2.45) is 0 Å². The molecule has 0 saturated carbocycles. The van der Waals surface area contributed by atoms with Gasteiger partial charge in [-0.3, -0.25) is 0 Å². The predicted octanol–water partition coefficient (Wildman–Crippen LogP) is 1.99. The Balaban J connectivity index is 2.21. The van der Waals surface area contributed by atoms with Gasteiger partial charge >= 0.3 is 0 Å². The molecule has 0 amide bonds. The highest BCUT2D eigenvalue weighted by atomic mass is 16.3. The van der Waals surface area contributed by atoms with Crippen LogP contribution in [0.1, 0.15) is 17.1 Å². The second kappa shape index (κ2) is 3.65. The van der Waals surface area contributed by atoms with Crippen molar-refractivity contribution in [1.29, 1.82) is 0 Å². The predicted molar refractivity (Wildman–Crippen MR) is 53.8 cm³/mol. The van der Waals surface area contributed by atoms with E-state index in [-0.39, 0.29) is 11.5 Å². The largest absolute Gasteiger partial charge is 0.504 e. The maximum absolute atomic E-state index is 9.28. The van der Waals surface area contributed by atoms with E-state index in [1.807, 2.05) is 6.92 Å². The van der Waals surface area contributed by atoms with Crippen molar-refractivity contribution in [2.75, 3.05) is 0 Å². The molecule has 0 spiro atoms. The number of hydrogen-bond donors (Lipinski definition) is 2. The first kappa shape index (κ1) is 9.58. The van der Waals surface area contributed by atoms with Crippen LogP contribution in [0.15, 0.2) is 28.9 Å². The van der Waals surface area contributed by atoms with E-state index >= 15 is 0 Å². The summed E-state index contributed by atoms with van der Waals surface area (Å²) in [4.78, 5) is 4.15. The Hall–Kier alpha value is -1.97. The molecule has 78 valence electrons. The van der Waals surface area contributed by atoms with Crippen LogP contribution in [0.25, 0.3) is 0 Å². The van der Waals surface area contributed by atoms with Crippen molar-refractivity contribution in [3.63, 3.8) is 0 Å². The molecule has 0 atom stereocenters. The van der Waals surface area contributed by atoms with Crippen LogP contribution in [0.2, 0.25) is 0 Å². The van der Waals surface area contributed by atoms with Gasteiger partial charge in [-0.2, -0.15) is 0 Å². The van der Waals surface area contributed by atoms with E-state index in [0.29, 0.717) is 12.3 Å². The second-order valence-electron chi connectivity index (χ2n) is 3.38. The monoisotopic (exact) mass is 205 g/mol. The highest BCUT2D eigenvalue weighted by Gasteiger charge is 2.05. The third kappa shape index (κ3) is 2.10. The third-order valence-electron chi connectivity index (χ3n) is 2.06. The maximum atomic E-state index is 9.28. The number of hydrogen-bond acceptors (Lipinski definition) is 4. The summed E-state index contributed by atoms with van der Waals surface area (Å²) in [6.07, 6.45) is 2.08. The molecular formula is C11H11NO3. The number of phenols is 2. The fraction of sp³-hybridized carbons (Fsp3) is 0.182. The van der Waals surface area contributed by atoms with Crippen molar-refractivity contribution in [2.45, 2.75) is 13.3 Å². The van der Waals surface area contributed by atoms with E-state index in [2.05, 4.69) is 4.98 Å². The molecule has 0 fully saturated rings. The molecule has 2 N–H and O–H groups in total. The SMILES string of the molecule is Cc1coc(Cc2ccc(O)c(O)c2)n1. The maximum Gasteiger partial charge on any atom is 0.198 e. The first-order chi connectivity index (χ1) is 7.15. The number of rotatable bonds is 2. The summed E-state index contributed by atoms with van der Waals surface area (Å²) in [5.41, 5.74) is 1.67. The molecular weight excluding hydrogens is 194 g/mol. The van der Waals surface area contributed by atoms with Gasteiger partial charge in [0.05, 0.1) is 5.69 Å². The first-order valence-electron chi connectivity index (χ1n) is 4.57. The van der Waals surface area contributed by atoms with Crippen molar-refractivity contribution >= 4 is 0 Å². The fourth-order valence-corrected chi connectivity index (χ4v) is 1.34. The number of oxazole rings is 1. The van der Waals surface area contributed by atoms with E-state index in [9.17, 15) is 5.11 Å². The number of aromatic nitrogens is 1. The Morgan fingerprint density at radius 1 is 1.27 bits per heavy atom. The van der Waals surface area contributed by atoms with Crippen LogP contribution in [0.4, 0.5) is 0 Å². The Labute approximate surface area is 86.8 Å². The lowest BCUT2D eigenvalue weighted by atomic mass is 10.1. The standard InChI is InChI=1S/C11H11NO3/c1-7-6-15-11(12-7)5-8-2-3-9(13)10(14)4-8/h2-4,6,13-14H,5H2,1H3. The molecule has 0 unspecified atom stereocenters. The van der Waals surface area contributed by atoms with Gasteiger partial charge < -0.3 is 14.6 Å². The summed E-state index contributed by atoms with van der Waals surface area (Å²) in [5.74, 6) is 0.343. The van der Waals surface area contributed by atoms with Gasteiger partial charge in [-0.25, -0.2) is 4.98 Å². The smallest absolute Gasteiger partial charge is 0.198 e. The number of benzene rings is 1. The topological polar surface area (TPSA) is 66.5 Å². The van der Waals surface area contributed by atoms with Crippen LogP contribution in [-0.4, -0.2) is 15.2 Å². The fourth-order valence-electron chi connectivity index (χ4n) is 1.34. The molecule has 15 heavy (non-hydrogen) atoms. The molecule has 0 aliphatic heterocycles. The molecule has 4 nitrogen and oxygen atoms in total. The van der Waals surface area contributed by atoms with Gasteiger partial charge in [-0.1, -0.05) is 6.07 Å². The van der Waals surface area contributed by atoms with Gasteiger partial charge in [-0.15, -0.1) is 0 Å². The van der Waals surface area contributed by atoms with E-state index in [1.54, 1.807) is 12.3 Å². The minimum atomic E-state index is -0.129. The molecule has 0 bridgehead atoms. The third-order valence-corrected chi connectivity index (χ3v) is 2.06. The van der Waals surface area contributed by atoms with E-state index in [0.717, 1.165) is 11.3 Å². The quantitative estimate of drug-likeness (QED) is 0.736. The van der Waals surface area contributed by atoms with Crippen LogP contribution in [0, 0.1) is 6.92 Å². The molecule has 0 saturated heterocycles. The molecule has 1 aromatic carbocycles. The minimum absolute atomic E-state index is 0.123. The van der Waals surface area contributed by atoms with Crippen LogP contribution >= 0.6 is 0 Å². The van der Waals surface area contributed by atoms with Crippen LogP contribution < -0.4 is 0 Å². The molecule has 0 radical (unpaired) electrons. The highest BCUT2D eigenvalue weighted by Crippen LogP contribution is 2.25. The van der Waals surface area contributed by atoms with E-state index in [1.165, 1.54) is 12.1 Å². The zero-order chi connectivity index (χ0) is 10.8. The summed E-state index contributed by atoms with van der Waals surface area (Å²) in [6, 6.07) is 4.66. The van der Waals surface area contributed by atoms with E-state index in [4.69, 9.17) is 9.52 Å². The van der Waals surface area contributed by atoms with Crippen LogP contribution in [0.3, 0.4) is 0 Å². The number of nitrogens with zero attached hydrogens (tertiary/aromatic N) is 1. The van der Waals surface area contributed by atoms with Crippen LogP contribution in [-0.2, 0) is 6.42 Å². The number of aromatic hydroxyl groups is 2. The van der Waals surface area contributed by atoms with Gasteiger partial charge in [0.1, 0.15) is 6.26 Å². The van der Waals surface area contributed by atoms with Gasteiger partial charge in [0, 0.05) is 6.42 Å². The highest BCUT2D eigenvalue weighted by molar-refractivity contribution is 5.41. The van der Waals surface area contributed by atoms with E-state index < -0.39 is 0 Å². The normalized spacial score (nSPS) is 10.5. The molecule has 1 aromatic heterocycles. The second-order valence-corrected chi connectivity index (χ2v) is 3.38. The van der Waals surface area contributed by atoms with Gasteiger partial charge in [-0.05, 0) is 24.6 Å². The lowest BCUT2D eigenvalue weighted by Crippen LogP contribution is -1.88. The summed E-state index contributed by atoms with van der Waals surface area (Å²) in [7, 11) is 0. The molecule has 0 aliphatic rings. The van der Waals surface area contributed by atoms with Gasteiger partial charge in [0.15, 0.2) is 17.4 Å². The summed E-state index contributed by atoms with van der Waals surface area (Å²) in [5, 5.41) is 18.4. The minimum Gasteiger partial charge on any atom is -0.504 e. The van der Waals surface area contributed by atoms with Crippen molar-refractivity contribution in [3.05, 3.63) is 41.6 Å². The van der Waals surface area contributed by atoms with Crippen molar-refractivity contribution in [3.8, 4) is 11.5 Å². The van der Waals surface area contributed by atoms with Gasteiger partial charge in [0.25, 0.3) is 0 Å². The Morgan fingerprint density at radius 2 is 2.07 bits per heavy atom. The molecule has 2 rings (SSSR count). The average Bonchev–Trinajstić information content (AvgIpc) is 2.58.